The first-order valence-corrected chi connectivity index (χ1v) is 14.4. The minimum absolute atomic E-state index is 0.0122. The van der Waals surface area contributed by atoms with Gasteiger partial charge < -0.3 is 9.64 Å². The maximum atomic E-state index is 13.3. The largest absolute Gasteiger partial charge is 0.371 e. The summed E-state index contributed by atoms with van der Waals surface area (Å²) in [5.74, 6) is -0.121. The van der Waals surface area contributed by atoms with Gasteiger partial charge in [0.15, 0.2) is 9.84 Å². The van der Waals surface area contributed by atoms with Crippen molar-refractivity contribution in [2.75, 3.05) is 31.1 Å². The summed E-state index contributed by atoms with van der Waals surface area (Å²) in [5.41, 5.74) is 1.63. The second kappa shape index (κ2) is 10.2. The fraction of sp³-hybridized carbons (Fsp3) is 0.333. The zero-order chi connectivity index (χ0) is 24.6. The van der Waals surface area contributed by atoms with Crippen molar-refractivity contribution in [1.82, 2.24) is 9.88 Å². The predicted octanol–water partition coefficient (Wildman–Crippen LogP) is 4.60. The van der Waals surface area contributed by atoms with Gasteiger partial charge in [0.05, 0.1) is 33.7 Å². The van der Waals surface area contributed by atoms with Crippen molar-refractivity contribution in [2.45, 2.75) is 29.2 Å². The highest BCUT2D eigenvalue weighted by Gasteiger charge is 2.39. The third-order valence-corrected chi connectivity index (χ3v) is 9.68. The van der Waals surface area contributed by atoms with Crippen LogP contribution < -0.4 is 4.90 Å². The molecule has 35 heavy (non-hydrogen) atoms. The molecule has 2 aliphatic rings. The molecule has 7 nitrogen and oxygen atoms in total. The molecule has 2 atom stereocenters. The number of aromatic nitrogens is 1. The number of amides is 1. The van der Waals surface area contributed by atoms with Crippen LogP contribution in [0.4, 0.5) is 5.69 Å². The van der Waals surface area contributed by atoms with Crippen molar-refractivity contribution >= 4 is 56.0 Å². The summed E-state index contributed by atoms with van der Waals surface area (Å²) in [6.07, 6.45) is 2.09. The van der Waals surface area contributed by atoms with Gasteiger partial charge in [-0.15, -0.1) is 11.3 Å². The van der Waals surface area contributed by atoms with Gasteiger partial charge in [0.25, 0.3) is 0 Å². The molecule has 11 heteroatoms. The number of carbonyl (C=O) groups is 1. The van der Waals surface area contributed by atoms with Crippen LogP contribution in [0.15, 0.2) is 58.9 Å². The van der Waals surface area contributed by atoms with Crippen molar-refractivity contribution < 1.29 is 17.9 Å². The zero-order valence-corrected chi connectivity index (χ0v) is 21.8. The molecular formula is C24H23Cl2N3O4S2. The van der Waals surface area contributed by atoms with Gasteiger partial charge in [-0.1, -0.05) is 29.3 Å². The van der Waals surface area contributed by atoms with Crippen LogP contribution in [0.3, 0.4) is 0 Å². The van der Waals surface area contributed by atoms with Crippen molar-refractivity contribution in [2.24, 2.45) is 0 Å². The summed E-state index contributed by atoms with van der Waals surface area (Å²) in [7, 11) is -3.50. The zero-order valence-electron chi connectivity index (χ0n) is 18.6. The summed E-state index contributed by atoms with van der Waals surface area (Å²) in [6, 6.07) is 11.7. The summed E-state index contributed by atoms with van der Waals surface area (Å²) in [4.78, 5) is 21.5. The standard InChI is InChI=1S/C24H23Cl2N3O4S2/c25-19-6-1-16(13-20(19)26)22-14-28(10-11-33-22)21-7-9-29(24(21)30)17-2-4-18(5-3-17)35(31,32)15-23-27-8-12-34-23/h1-6,8,12-13,21-22H,7,9-11,14-15H2/t21-,22-/m0/s1. The van der Waals surface area contributed by atoms with E-state index in [9.17, 15) is 13.2 Å². The lowest BCUT2D eigenvalue weighted by molar-refractivity contribution is -0.125. The number of morpholine rings is 1. The quantitative estimate of drug-likeness (QED) is 0.445. The Bertz CT molecular complexity index is 1320. The number of carbonyl (C=O) groups excluding carboxylic acids is 1. The monoisotopic (exact) mass is 551 g/mol. The topological polar surface area (TPSA) is 79.8 Å². The lowest BCUT2D eigenvalue weighted by atomic mass is 10.1. The lowest BCUT2D eigenvalue weighted by Gasteiger charge is -2.36. The Morgan fingerprint density at radius 2 is 1.89 bits per heavy atom. The Morgan fingerprint density at radius 3 is 2.60 bits per heavy atom. The molecule has 2 aromatic carbocycles. The van der Waals surface area contributed by atoms with Crippen molar-refractivity contribution in [3.63, 3.8) is 0 Å². The average Bonchev–Trinajstić information content (AvgIpc) is 3.50. The summed E-state index contributed by atoms with van der Waals surface area (Å²) >= 11 is 13.5. The molecule has 2 fully saturated rings. The van der Waals surface area contributed by atoms with E-state index in [1.807, 2.05) is 12.1 Å². The van der Waals surface area contributed by atoms with Crippen LogP contribution in [0.25, 0.3) is 0 Å². The van der Waals surface area contributed by atoms with E-state index in [-0.39, 0.29) is 28.7 Å². The molecule has 0 N–H and O–H groups in total. The van der Waals surface area contributed by atoms with E-state index in [2.05, 4.69) is 9.88 Å². The van der Waals surface area contributed by atoms with Crippen LogP contribution in [-0.2, 0) is 25.1 Å². The molecule has 0 unspecified atom stereocenters. The first-order valence-electron chi connectivity index (χ1n) is 11.1. The Morgan fingerprint density at radius 1 is 1.09 bits per heavy atom. The number of anilines is 1. The molecule has 3 heterocycles. The van der Waals surface area contributed by atoms with E-state index in [1.54, 1.807) is 46.8 Å². The number of rotatable bonds is 6. The van der Waals surface area contributed by atoms with Gasteiger partial charge in [-0.25, -0.2) is 13.4 Å². The van der Waals surface area contributed by atoms with Crippen molar-refractivity contribution in [3.05, 3.63) is 74.7 Å². The minimum Gasteiger partial charge on any atom is -0.371 e. The first-order chi connectivity index (χ1) is 16.8. The number of hydrogen-bond acceptors (Lipinski definition) is 7. The maximum Gasteiger partial charge on any atom is 0.244 e. The van der Waals surface area contributed by atoms with E-state index >= 15 is 0 Å². The van der Waals surface area contributed by atoms with Crippen LogP contribution in [0, 0.1) is 0 Å². The average molecular weight is 553 g/mol. The molecule has 1 aromatic heterocycles. The Balaban J connectivity index is 1.26. The fourth-order valence-electron chi connectivity index (χ4n) is 4.53. The first kappa shape index (κ1) is 24.7. The van der Waals surface area contributed by atoms with Gasteiger partial charge in [0.1, 0.15) is 10.8 Å². The molecule has 0 spiro atoms. The highest BCUT2D eigenvalue weighted by Crippen LogP contribution is 2.32. The number of ether oxygens (including phenoxy) is 1. The number of benzene rings is 2. The molecule has 1 amide bonds. The van der Waals surface area contributed by atoms with E-state index in [0.717, 1.165) is 5.56 Å². The molecule has 2 aliphatic heterocycles. The van der Waals surface area contributed by atoms with E-state index < -0.39 is 9.84 Å². The smallest absolute Gasteiger partial charge is 0.244 e. The van der Waals surface area contributed by atoms with Gasteiger partial charge in [-0.2, -0.15) is 0 Å². The highest BCUT2D eigenvalue weighted by atomic mass is 35.5. The van der Waals surface area contributed by atoms with Crippen LogP contribution in [-0.4, -0.2) is 56.5 Å². The van der Waals surface area contributed by atoms with Crippen molar-refractivity contribution in [3.8, 4) is 0 Å². The Labute approximate surface area is 218 Å². The second-order valence-electron chi connectivity index (χ2n) is 8.50. The number of thiazole rings is 1. The predicted molar refractivity (Wildman–Crippen MR) is 137 cm³/mol. The molecule has 5 rings (SSSR count). The SMILES string of the molecule is O=C1[C@@H](N2CCO[C@H](c3ccc(Cl)c(Cl)c3)C2)CCN1c1ccc(S(=O)(=O)Cc2nccs2)cc1. The molecule has 2 saturated heterocycles. The van der Waals surface area contributed by atoms with Crippen LogP contribution in [0.5, 0.6) is 0 Å². The summed E-state index contributed by atoms with van der Waals surface area (Å²) in [6.45, 7) is 2.33. The number of sulfone groups is 1. The van der Waals surface area contributed by atoms with Gasteiger partial charge in [0, 0.05) is 36.9 Å². The van der Waals surface area contributed by atoms with Crippen molar-refractivity contribution in [1.29, 1.82) is 0 Å². The highest BCUT2D eigenvalue weighted by molar-refractivity contribution is 7.90. The van der Waals surface area contributed by atoms with E-state index in [0.29, 0.717) is 53.4 Å². The van der Waals surface area contributed by atoms with Gasteiger partial charge in [0.2, 0.25) is 5.91 Å². The summed E-state index contributed by atoms with van der Waals surface area (Å²) in [5, 5.41) is 3.28. The Hall–Kier alpha value is -2.01. The lowest BCUT2D eigenvalue weighted by Crippen LogP contribution is -2.48. The second-order valence-corrected chi connectivity index (χ2v) is 12.3. The molecule has 0 bridgehead atoms. The number of halogens is 2. The minimum atomic E-state index is -3.50. The molecule has 3 aromatic rings. The van der Waals surface area contributed by atoms with E-state index in [4.69, 9.17) is 27.9 Å². The molecule has 0 aliphatic carbocycles. The maximum absolute atomic E-state index is 13.3. The molecule has 0 saturated carbocycles. The van der Waals surface area contributed by atoms with Crippen LogP contribution in [0.2, 0.25) is 10.0 Å². The summed E-state index contributed by atoms with van der Waals surface area (Å²) < 4.78 is 31.3. The molecule has 0 radical (unpaired) electrons. The normalized spacial score (nSPS) is 21.5. The van der Waals surface area contributed by atoms with Gasteiger partial charge in [-0.05, 0) is 48.4 Å². The van der Waals surface area contributed by atoms with E-state index in [1.165, 1.54) is 11.3 Å². The number of nitrogens with zero attached hydrogens (tertiary/aromatic N) is 3. The molecular weight excluding hydrogens is 529 g/mol. The van der Waals surface area contributed by atoms with Gasteiger partial charge >= 0.3 is 0 Å². The molecule has 184 valence electrons. The third-order valence-electron chi connectivity index (χ3n) is 6.34. The third kappa shape index (κ3) is 5.26. The van der Waals surface area contributed by atoms with Crippen LogP contribution in [0.1, 0.15) is 23.1 Å². The number of hydrogen-bond donors (Lipinski definition) is 0. The van der Waals surface area contributed by atoms with Gasteiger partial charge in [-0.3, -0.25) is 9.69 Å². The Kier molecular flexibility index (Phi) is 7.16. The van der Waals surface area contributed by atoms with Crippen LogP contribution >= 0.6 is 34.5 Å². The fourth-order valence-corrected chi connectivity index (χ4v) is 7.09.